The Balaban J connectivity index is 1.10. The minimum Gasteiger partial charge on any atom is -0.310 e. The number of hydrogen-bond acceptors (Lipinski definition) is 2. The lowest BCUT2D eigenvalue weighted by Gasteiger charge is -2.28. The van der Waals surface area contributed by atoms with E-state index in [1.165, 1.54) is 91.8 Å². The van der Waals surface area contributed by atoms with Crippen molar-refractivity contribution in [3.63, 3.8) is 0 Å². The maximum atomic E-state index is 2.55. The molecule has 11 rings (SSSR count). The van der Waals surface area contributed by atoms with Gasteiger partial charge in [-0.3, -0.25) is 0 Å². The van der Waals surface area contributed by atoms with Crippen molar-refractivity contribution in [3.8, 4) is 33.4 Å². The highest BCUT2D eigenvalue weighted by Crippen LogP contribution is 2.45. The molecule has 0 bridgehead atoms. The monoisotopic (exact) mass is 741 g/mol. The molecule has 0 fully saturated rings. The van der Waals surface area contributed by atoms with Crippen molar-refractivity contribution in [2.75, 3.05) is 4.90 Å². The van der Waals surface area contributed by atoms with Crippen LogP contribution in [0.4, 0.5) is 17.1 Å². The lowest BCUT2D eigenvalue weighted by atomic mass is 9.97. The van der Waals surface area contributed by atoms with Gasteiger partial charge in [0.2, 0.25) is 0 Å². The zero-order valence-electron chi connectivity index (χ0n) is 30.9. The standard InChI is InChI=1S/C50H39NSSi2/c1-53(2)45-19-10-8-15-39(45)42-30-35(25-28-46(42)53)51(34-22-20-33(21-23-34)38-17-11-13-32-12-5-6-14-37(32)38)36-24-26-41-48(31-36)54(3,4)47-29-27-44-49(50(41)47)40-16-7-9-18-43(40)52-44/h5-31H,1-4H3. The van der Waals surface area contributed by atoms with Gasteiger partial charge < -0.3 is 4.90 Å². The molecule has 1 nitrogen and oxygen atoms in total. The number of rotatable bonds is 4. The van der Waals surface area contributed by atoms with E-state index in [4.69, 9.17) is 0 Å². The first-order chi connectivity index (χ1) is 26.3. The van der Waals surface area contributed by atoms with Crippen molar-refractivity contribution in [2.45, 2.75) is 26.2 Å². The number of nitrogens with zero attached hydrogens (tertiary/aromatic N) is 1. The van der Waals surface area contributed by atoms with Crippen LogP contribution in [0.1, 0.15) is 0 Å². The Morgan fingerprint density at radius 2 is 1.04 bits per heavy atom. The first-order valence-corrected chi connectivity index (χ1v) is 25.8. The summed E-state index contributed by atoms with van der Waals surface area (Å²) in [5.41, 5.74) is 11.8. The molecular formula is C50H39NSSi2. The second-order valence-corrected chi connectivity index (χ2v) is 25.9. The van der Waals surface area contributed by atoms with Crippen molar-refractivity contribution in [1.29, 1.82) is 0 Å². The van der Waals surface area contributed by atoms with Crippen LogP contribution in [-0.4, -0.2) is 16.1 Å². The largest absolute Gasteiger partial charge is 0.310 e. The fourth-order valence-electron chi connectivity index (χ4n) is 9.73. The Morgan fingerprint density at radius 3 is 1.91 bits per heavy atom. The van der Waals surface area contributed by atoms with Crippen molar-refractivity contribution in [1.82, 2.24) is 0 Å². The fraction of sp³-hybridized carbons (Fsp3) is 0.0800. The van der Waals surface area contributed by atoms with Crippen LogP contribution < -0.4 is 25.6 Å². The summed E-state index contributed by atoms with van der Waals surface area (Å²) < 4.78 is 2.75. The van der Waals surface area contributed by atoms with Gasteiger partial charge in [-0.05, 0) is 113 Å². The quantitative estimate of drug-likeness (QED) is 0.162. The molecule has 2 aliphatic rings. The van der Waals surface area contributed by atoms with Gasteiger partial charge in [-0.15, -0.1) is 11.3 Å². The molecule has 3 heterocycles. The second-order valence-electron chi connectivity index (χ2n) is 16.1. The Labute approximate surface area is 322 Å². The average molecular weight is 742 g/mol. The van der Waals surface area contributed by atoms with Crippen molar-refractivity contribution >= 4 is 96.2 Å². The number of benzene rings is 8. The molecule has 0 aliphatic carbocycles. The molecular weight excluding hydrogens is 703 g/mol. The van der Waals surface area contributed by atoms with E-state index >= 15 is 0 Å². The Hall–Kier alpha value is -5.53. The first-order valence-electron chi connectivity index (χ1n) is 19.0. The van der Waals surface area contributed by atoms with Gasteiger partial charge in [0.05, 0.1) is 0 Å². The van der Waals surface area contributed by atoms with Gasteiger partial charge in [0.15, 0.2) is 0 Å². The second kappa shape index (κ2) is 11.5. The normalized spacial score (nSPS) is 14.6. The molecule has 2 aliphatic heterocycles. The molecule has 54 heavy (non-hydrogen) atoms. The zero-order valence-corrected chi connectivity index (χ0v) is 33.8. The highest BCUT2D eigenvalue weighted by Gasteiger charge is 2.40. The minimum atomic E-state index is -2.02. The van der Waals surface area contributed by atoms with E-state index in [0.717, 1.165) is 0 Å². The van der Waals surface area contributed by atoms with E-state index in [0.29, 0.717) is 0 Å². The van der Waals surface area contributed by atoms with Gasteiger partial charge in [-0.2, -0.15) is 0 Å². The molecule has 258 valence electrons. The van der Waals surface area contributed by atoms with Crippen LogP contribution in [0.2, 0.25) is 26.2 Å². The van der Waals surface area contributed by atoms with E-state index in [2.05, 4.69) is 195 Å². The van der Waals surface area contributed by atoms with E-state index in [1.54, 1.807) is 10.4 Å². The zero-order chi connectivity index (χ0) is 36.3. The maximum Gasteiger partial charge on any atom is 0.113 e. The van der Waals surface area contributed by atoms with Crippen LogP contribution >= 0.6 is 11.3 Å². The summed E-state index contributed by atoms with van der Waals surface area (Å²) in [4.78, 5) is 2.51. The summed E-state index contributed by atoms with van der Waals surface area (Å²) in [5, 5.41) is 11.5. The van der Waals surface area contributed by atoms with Crippen LogP contribution in [0.25, 0.3) is 64.3 Å². The number of anilines is 3. The fourth-order valence-corrected chi connectivity index (χ4v) is 17.0. The topological polar surface area (TPSA) is 3.24 Å². The summed E-state index contributed by atoms with van der Waals surface area (Å²) in [5.74, 6) is 0. The predicted octanol–water partition coefficient (Wildman–Crippen LogP) is 12.0. The Morgan fingerprint density at radius 1 is 0.407 bits per heavy atom. The Bertz CT molecular complexity index is 3000. The van der Waals surface area contributed by atoms with Crippen molar-refractivity contribution in [2.24, 2.45) is 0 Å². The molecule has 4 heteroatoms. The third-order valence-electron chi connectivity index (χ3n) is 12.5. The highest BCUT2D eigenvalue weighted by atomic mass is 32.1. The van der Waals surface area contributed by atoms with Gasteiger partial charge in [0, 0.05) is 37.2 Å². The minimum absolute atomic E-state index is 1.17. The summed E-state index contributed by atoms with van der Waals surface area (Å²) in [6.45, 7) is 10.1. The molecule has 0 unspecified atom stereocenters. The van der Waals surface area contributed by atoms with Crippen LogP contribution in [0.15, 0.2) is 164 Å². The molecule has 8 aromatic carbocycles. The molecule has 0 saturated heterocycles. The molecule has 9 aromatic rings. The van der Waals surface area contributed by atoms with Gasteiger partial charge in [-0.25, -0.2) is 0 Å². The molecule has 0 N–H and O–H groups in total. The average Bonchev–Trinajstić information content (AvgIpc) is 3.77. The highest BCUT2D eigenvalue weighted by molar-refractivity contribution is 7.26. The first kappa shape index (κ1) is 32.0. The van der Waals surface area contributed by atoms with Crippen molar-refractivity contribution in [3.05, 3.63) is 164 Å². The number of thiophene rings is 1. The van der Waals surface area contributed by atoms with E-state index < -0.39 is 16.1 Å². The lowest BCUT2D eigenvalue weighted by Crippen LogP contribution is -2.49. The van der Waals surface area contributed by atoms with Crippen LogP contribution in [0, 0.1) is 0 Å². The van der Waals surface area contributed by atoms with Gasteiger partial charge in [0.25, 0.3) is 0 Å². The SMILES string of the molecule is C[Si]1(C)c2ccccc2-c2cc(N(c3ccc(-c4cccc5ccccc45)cc3)c3ccc4c(c3)[Si](C)(C)c3ccc5sc6ccccc6c5c3-4)ccc21. The van der Waals surface area contributed by atoms with Crippen LogP contribution in [0.5, 0.6) is 0 Å². The molecule has 0 radical (unpaired) electrons. The summed E-state index contributed by atoms with van der Waals surface area (Å²) in [7, 11) is -3.80. The molecule has 0 saturated carbocycles. The maximum absolute atomic E-state index is 2.55. The number of hydrogen-bond donors (Lipinski definition) is 0. The molecule has 1 aromatic heterocycles. The lowest BCUT2D eigenvalue weighted by molar-refractivity contribution is 1.29. The number of fused-ring (bicyclic) bond motifs is 11. The van der Waals surface area contributed by atoms with Gasteiger partial charge in [-0.1, -0.05) is 141 Å². The molecule has 0 atom stereocenters. The molecule has 0 amide bonds. The van der Waals surface area contributed by atoms with Gasteiger partial charge >= 0.3 is 0 Å². The van der Waals surface area contributed by atoms with Crippen LogP contribution in [-0.2, 0) is 0 Å². The summed E-state index contributed by atoms with van der Waals surface area (Å²) in [6, 6.07) is 62.1. The summed E-state index contributed by atoms with van der Waals surface area (Å²) >= 11 is 1.92. The third kappa shape index (κ3) is 4.48. The van der Waals surface area contributed by atoms with Crippen molar-refractivity contribution < 1.29 is 0 Å². The Kier molecular flexibility index (Phi) is 6.80. The third-order valence-corrected chi connectivity index (χ3v) is 20.7. The van der Waals surface area contributed by atoms with E-state index in [1.807, 2.05) is 11.3 Å². The smallest absolute Gasteiger partial charge is 0.113 e. The summed E-state index contributed by atoms with van der Waals surface area (Å²) in [6.07, 6.45) is 0. The van der Waals surface area contributed by atoms with E-state index in [-0.39, 0.29) is 0 Å². The van der Waals surface area contributed by atoms with E-state index in [9.17, 15) is 0 Å². The van der Waals surface area contributed by atoms with Gasteiger partial charge in [0.1, 0.15) is 16.1 Å². The molecule has 0 spiro atoms. The predicted molar refractivity (Wildman–Crippen MR) is 241 cm³/mol. The van der Waals surface area contributed by atoms with Crippen LogP contribution in [0.3, 0.4) is 0 Å².